The van der Waals surface area contributed by atoms with Crippen LogP contribution in [0.15, 0.2) is 6.20 Å². The van der Waals surface area contributed by atoms with Gasteiger partial charge in [0, 0.05) is 5.56 Å². The van der Waals surface area contributed by atoms with Gasteiger partial charge in [-0.25, -0.2) is 8.78 Å². The second-order valence-electron chi connectivity index (χ2n) is 2.76. The fourth-order valence-electron chi connectivity index (χ4n) is 1.13. The lowest BCUT2D eigenvalue weighted by molar-refractivity contribution is -0.390. The molecule has 0 spiro atoms. The number of aromatic hydroxyl groups is 1. The van der Waals surface area contributed by atoms with Crippen molar-refractivity contribution in [3.8, 4) is 11.8 Å². The van der Waals surface area contributed by atoms with Crippen molar-refractivity contribution in [1.29, 1.82) is 5.26 Å². The molecule has 0 saturated heterocycles. The fraction of sp³-hybridized carbons (Fsp3) is 0.250. The Bertz CT molecular complexity index is 470. The van der Waals surface area contributed by atoms with Gasteiger partial charge in [0.1, 0.15) is 6.20 Å². The smallest absolute Gasteiger partial charge is 0.406 e. The number of hydrogen-bond donors (Lipinski definition) is 1. The van der Waals surface area contributed by atoms with E-state index in [0.29, 0.717) is 6.20 Å². The van der Waals surface area contributed by atoms with Crippen molar-refractivity contribution in [2.24, 2.45) is 0 Å². The van der Waals surface area contributed by atoms with E-state index in [9.17, 15) is 24.0 Å². The van der Waals surface area contributed by atoms with Gasteiger partial charge in [0.05, 0.1) is 18.1 Å². The summed E-state index contributed by atoms with van der Waals surface area (Å²) in [4.78, 5) is 12.5. The molecule has 1 aromatic heterocycles. The minimum absolute atomic E-state index is 0.459. The average molecular weight is 229 g/mol. The van der Waals surface area contributed by atoms with Gasteiger partial charge in [-0.05, 0) is 9.91 Å². The number of aromatic nitrogens is 1. The molecule has 0 aliphatic heterocycles. The maximum atomic E-state index is 12.4. The zero-order valence-corrected chi connectivity index (χ0v) is 7.72. The molecule has 0 aliphatic carbocycles. The van der Waals surface area contributed by atoms with E-state index < -0.39 is 40.5 Å². The monoisotopic (exact) mass is 229 g/mol. The molecule has 6 nitrogen and oxygen atoms in total. The molecular weight excluding hydrogens is 224 g/mol. The Morgan fingerprint density at radius 2 is 2.31 bits per heavy atom. The highest BCUT2D eigenvalue weighted by molar-refractivity contribution is 5.50. The Labute approximate surface area is 87.9 Å². The maximum absolute atomic E-state index is 12.4. The molecule has 0 radical (unpaired) electrons. The summed E-state index contributed by atoms with van der Waals surface area (Å²) < 4.78 is 24.9. The van der Waals surface area contributed by atoms with E-state index in [1.165, 1.54) is 0 Å². The van der Waals surface area contributed by atoms with Crippen molar-refractivity contribution in [3.63, 3.8) is 0 Å². The van der Waals surface area contributed by atoms with Crippen LogP contribution in [0, 0.1) is 21.4 Å². The molecular formula is C8H5F2N3O3. The predicted molar refractivity (Wildman–Crippen MR) is 46.8 cm³/mol. The van der Waals surface area contributed by atoms with Gasteiger partial charge in [-0.2, -0.15) is 5.26 Å². The van der Waals surface area contributed by atoms with Gasteiger partial charge in [-0.15, -0.1) is 0 Å². The summed E-state index contributed by atoms with van der Waals surface area (Å²) in [6.45, 7) is 0. The van der Waals surface area contributed by atoms with Crippen LogP contribution >= 0.6 is 0 Å². The van der Waals surface area contributed by atoms with Crippen LogP contribution in [0.3, 0.4) is 0 Å². The predicted octanol–water partition coefficient (Wildman–Crippen LogP) is 1.70. The van der Waals surface area contributed by atoms with E-state index in [4.69, 9.17) is 5.26 Å². The Morgan fingerprint density at radius 1 is 1.69 bits per heavy atom. The molecule has 16 heavy (non-hydrogen) atoms. The summed E-state index contributed by atoms with van der Waals surface area (Å²) >= 11 is 0. The first-order valence-electron chi connectivity index (χ1n) is 3.99. The lowest BCUT2D eigenvalue weighted by Crippen LogP contribution is -2.01. The van der Waals surface area contributed by atoms with Crippen molar-refractivity contribution >= 4 is 5.82 Å². The van der Waals surface area contributed by atoms with E-state index in [1.807, 2.05) is 0 Å². The molecule has 8 heteroatoms. The van der Waals surface area contributed by atoms with Gasteiger partial charge < -0.3 is 15.2 Å². The molecule has 0 saturated carbocycles. The lowest BCUT2D eigenvalue weighted by atomic mass is 10.1. The molecule has 1 heterocycles. The Hall–Kier alpha value is -2.30. The van der Waals surface area contributed by atoms with Gasteiger partial charge in [0.25, 0.3) is 6.43 Å². The second kappa shape index (κ2) is 4.48. The molecule has 0 fully saturated rings. The number of halogens is 2. The average Bonchev–Trinajstić information content (AvgIpc) is 2.20. The number of pyridine rings is 1. The van der Waals surface area contributed by atoms with E-state index in [-0.39, 0.29) is 0 Å². The SMILES string of the molecule is N#CCc1c(C(F)F)cnc([N+](=O)[O-])c1O. The highest BCUT2D eigenvalue weighted by Crippen LogP contribution is 2.34. The van der Waals surface area contributed by atoms with Crippen LogP contribution in [0.5, 0.6) is 5.75 Å². The third kappa shape index (κ3) is 2.03. The molecule has 1 rings (SSSR count). The molecule has 0 amide bonds. The van der Waals surface area contributed by atoms with Crippen molar-refractivity contribution < 1.29 is 18.8 Å². The molecule has 0 aliphatic rings. The molecule has 0 atom stereocenters. The Balaban J connectivity index is 3.42. The number of nitro groups is 1. The summed E-state index contributed by atoms with van der Waals surface area (Å²) in [5.74, 6) is -1.92. The highest BCUT2D eigenvalue weighted by Gasteiger charge is 2.26. The van der Waals surface area contributed by atoms with Crippen molar-refractivity contribution in [3.05, 3.63) is 27.4 Å². The topological polar surface area (TPSA) is 100 Å². The van der Waals surface area contributed by atoms with Gasteiger partial charge in [0.2, 0.25) is 5.75 Å². The van der Waals surface area contributed by atoms with Gasteiger partial charge in [0.15, 0.2) is 0 Å². The highest BCUT2D eigenvalue weighted by atomic mass is 19.3. The van der Waals surface area contributed by atoms with Crippen LogP contribution in [0.4, 0.5) is 14.6 Å². The zero-order chi connectivity index (χ0) is 12.3. The first-order valence-corrected chi connectivity index (χ1v) is 3.99. The van der Waals surface area contributed by atoms with E-state index in [0.717, 1.165) is 0 Å². The van der Waals surface area contributed by atoms with Gasteiger partial charge in [-0.3, -0.25) is 0 Å². The standard InChI is InChI=1S/C8H5F2N3O3/c9-7(10)5-3-12-8(13(15)16)6(14)4(5)1-2-11/h3,7,14H,1H2. The molecule has 1 aromatic rings. The van der Waals surface area contributed by atoms with Crippen LogP contribution in [-0.4, -0.2) is 15.0 Å². The van der Waals surface area contributed by atoms with Gasteiger partial charge in [-0.1, -0.05) is 0 Å². The summed E-state index contributed by atoms with van der Waals surface area (Å²) in [6, 6.07) is 1.54. The first-order chi connectivity index (χ1) is 7.49. The van der Waals surface area contributed by atoms with Crippen LogP contribution in [0.2, 0.25) is 0 Å². The van der Waals surface area contributed by atoms with Crippen LogP contribution in [0.25, 0.3) is 0 Å². The number of alkyl halides is 2. The zero-order valence-electron chi connectivity index (χ0n) is 7.72. The summed E-state index contributed by atoms with van der Waals surface area (Å²) in [7, 11) is 0. The Morgan fingerprint density at radius 3 is 2.75 bits per heavy atom. The van der Waals surface area contributed by atoms with Crippen molar-refractivity contribution in [2.45, 2.75) is 12.8 Å². The van der Waals surface area contributed by atoms with Crippen molar-refractivity contribution in [1.82, 2.24) is 4.98 Å². The van der Waals surface area contributed by atoms with E-state index in [1.54, 1.807) is 6.07 Å². The molecule has 84 valence electrons. The third-order valence-electron chi connectivity index (χ3n) is 1.84. The van der Waals surface area contributed by atoms with Crippen LogP contribution in [-0.2, 0) is 6.42 Å². The molecule has 1 N–H and O–H groups in total. The van der Waals surface area contributed by atoms with E-state index in [2.05, 4.69) is 4.98 Å². The molecule has 0 bridgehead atoms. The van der Waals surface area contributed by atoms with Crippen LogP contribution in [0.1, 0.15) is 17.6 Å². The van der Waals surface area contributed by atoms with Crippen LogP contribution < -0.4 is 0 Å². The van der Waals surface area contributed by atoms with E-state index >= 15 is 0 Å². The largest absolute Gasteiger partial charge is 0.501 e. The number of nitriles is 1. The maximum Gasteiger partial charge on any atom is 0.406 e. The normalized spacial score (nSPS) is 10.1. The summed E-state index contributed by atoms with van der Waals surface area (Å²) in [5.41, 5.74) is -1.14. The first kappa shape index (κ1) is 11.8. The number of hydrogen-bond acceptors (Lipinski definition) is 5. The van der Waals surface area contributed by atoms with Crippen molar-refractivity contribution in [2.75, 3.05) is 0 Å². The Kier molecular flexibility index (Phi) is 3.30. The summed E-state index contributed by atoms with van der Waals surface area (Å²) in [6.07, 6.45) is -2.91. The van der Waals surface area contributed by atoms with Gasteiger partial charge >= 0.3 is 5.82 Å². The quantitative estimate of drug-likeness (QED) is 0.627. The summed E-state index contributed by atoms with van der Waals surface area (Å²) in [5, 5.41) is 28.1. The third-order valence-corrected chi connectivity index (χ3v) is 1.84. The molecule has 0 aromatic carbocycles. The number of rotatable bonds is 3. The lowest BCUT2D eigenvalue weighted by Gasteiger charge is -2.05. The molecule has 0 unspecified atom stereocenters. The number of nitrogens with zero attached hydrogens (tertiary/aromatic N) is 3. The minimum Gasteiger partial charge on any atom is -0.501 e. The minimum atomic E-state index is -2.96. The fourth-order valence-corrected chi connectivity index (χ4v) is 1.13. The second-order valence-corrected chi connectivity index (χ2v) is 2.76.